The van der Waals surface area contributed by atoms with Crippen LogP contribution < -0.4 is 9.62 Å². The maximum absolute atomic E-state index is 13.5. The van der Waals surface area contributed by atoms with Gasteiger partial charge in [-0.15, -0.1) is 11.3 Å². The fourth-order valence-electron chi connectivity index (χ4n) is 4.64. The third kappa shape index (κ3) is 4.34. The fourth-order valence-corrected chi connectivity index (χ4v) is 7.40. The molecular weight excluding hydrogens is 414 g/mol. The molecule has 1 fully saturated rings. The number of rotatable bonds is 4. The molecule has 1 aliphatic heterocycles. The number of nitrogens with zero attached hydrogens (tertiary/aromatic N) is 2. The van der Waals surface area contributed by atoms with Crippen LogP contribution in [0.1, 0.15) is 65.2 Å². The van der Waals surface area contributed by atoms with Crippen LogP contribution in [0, 0.1) is 0 Å². The van der Waals surface area contributed by atoms with Crippen molar-refractivity contribution in [2.75, 3.05) is 4.31 Å². The summed E-state index contributed by atoms with van der Waals surface area (Å²) in [5.74, 6) is 0.553. The SMILES string of the molecule is CC(NC1(C)CCCCCCCC1)C1=Nc2sccc2S(=O)(=O)N1c1ccccc1. The molecule has 2 aromatic rings. The van der Waals surface area contributed by atoms with Crippen molar-refractivity contribution in [1.82, 2.24) is 5.32 Å². The highest BCUT2D eigenvalue weighted by Crippen LogP contribution is 2.40. The lowest BCUT2D eigenvalue weighted by Gasteiger charge is -2.38. The van der Waals surface area contributed by atoms with Gasteiger partial charge >= 0.3 is 0 Å². The Morgan fingerprint density at radius 1 is 1.03 bits per heavy atom. The van der Waals surface area contributed by atoms with E-state index in [0.29, 0.717) is 21.4 Å². The van der Waals surface area contributed by atoms with Crippen LogP contribution in [0.5, 0.6) is 0 Å². The number of nitrogens with one attached hydrogen (secondary N) is 1. The van der Waals surface area contributed by atoms with Gasteiger partial charge in [0.15, 0.2) is 0 Å². The minimum atomic E-state index is -3.69. The summed E-state index contributed by atoms with van der Waals surface area (Å²) in [5, 5.41) is 6.16. The number of thiophene rings is 1. The number of fused-ring (bicyclic) bond motifs is 1. The summed E-state index contributed by atoms with van der Waals surface area (Å²) in [5.41, 5.74) is 0.607. The number of aliphatic imine (C=N–C) groups is 1. The molecule has 1 atom stereocenters. The smallest absolute Gasteiger partial charge is 0.272 e. The van der Waals surface area contributed by atoms with Crippen LogP contribution in [-0.4, -0.2) is 25.8 Å². The minimum absolute atomic E-state index is 0.0197. The standard InChI is InChI=1S/C23H31N3O2S2/c1-18(25-23(2)15-10-5-3-4-6-11-16-23)21-24-22-20(14-17-29-22)30(27,28)26(21)19-12-8-7-9-13-19/h7-9,12-14,17-18,25H,3-6,10-11,15-16H2,1-2H3. The van der Waals surface area contributed by atoms with Gasteiger partial charge in [0.25, 0.3) is 10.0 Å². The van der Waals surface area contributed by atoms with Crippen LogP contribution >= 0.6 is 11.3 Å². The van der Waals surface area contributed by atoms with Gasteiger partial charge in [-0.05, 0) is 50.3 Å². The number of para-hydroxylation sites is 1. The molecule has 1 saturated carbocycles. The maximum atomic E-state index is 13.5. The Morgan fingerprint density at radius 3 is 2.33 bits per heavy atom. The molecule has 162 valence electrons. The van der Waals surface area contributed by atoms with Crippen LogP contribution in [-0.2, 0) is 10.0 Å². The van der Waals surface area contributed by atoms with E-state index in [-0.39, 0.29) is 11.6 Å². The van der Waals surface area contributed by atoms with Gasteiger partial charge in [0.2, 0.25) is 0 Å². The zero-order chi connectivity index (χ0) is 21.2. The van der Waals surface area contributed by atoms with Crippen molar-refractivity contribution in [3.63, 3.8) is 0 Å². The molecular formula is C23H31N3O2S2. The van der Waals surface area contributed by atoms with Crippen LogP contribution in [0.4, 0.5) is 10.7 Å². The predicted molar refractivity (Wildman–Crippen MR) is 125 cm³/mol. The molecule has 0 radical (unpaired) electrons. The average Bonchev–Trinajstić information content (AvgIpc) is 3.22. The van der Waals surface area contributed by atoms with E-state index in [0.717, 1.165) is 12.8 Å². The van der Waals surface area contributed by atoms with Crippen molar-refractivity contribution in [3.8, 4) is 0 Å². The highest BCUT2D eigenvalue weighted by Gasteiger charge is 2.39. The lowest BCUT2D eigenvalue weighted by Crippen LogP contribution is -2.55. The first-order valence-corrected chi connectivity index (χ1v) is 13.3. The second-order valence-electron chi connectivity index (χ2n) is 8.71. The summed E-state index contributed by atoms with van der Waals surface area (Å²) < 4.78 is 28.5. The third-order valence-electron chi connectivity index (χ3n) is 6.20. The number of anilines is 1. The van der Waals surface area contributed by atoms with E-state index in [1.54, 1.807) is 11.4 Å². The van der Waals surface area contributed by atoms with Crippen molar-refractivity contribution in [2.24, 2.45) is 4.99 Å². The van der Waals surface area contributed by atoms with Crippen LogP contribution in [0.2, 0.25) is 0 Å². The van der Waals surface area contributed by atoms with E-state index >= 15 is 0 Å². The first kappa shape index (κ1) is 21.5. The summed E-state index contributed by atoms with van der Waals surface area (Å²) in [6.07, 6.45) is 9.81. The third-order valence-corrected chi connectivity index (χ3v) is 8.90. The largest absolute Gasteiger partial charge is 0.302 e. The summed E-state index contributed by atoms with van der Waals surface area (Å²) in [4.78, 5) is 5.13. The Kier molecular flexibility index (Phi) is 6.32. The van der Waals surface area contributed by atoms with Gasteiger partial charge in [-0.25, -0.2) is 17.7 Å². The molecule has 0 bridgehead atoms. The van der Waals surface area contributed by atoms with E-state index in [4.69, 9.17) is 4.99 Å². The molecule has 1 N–H and O–H groups in total. The first-order valence-electron chi connectivity index (χ1n) is 10.9. The molecule has 30 heavy (non-hydrogen) atoms. The second kappa shape index (κ2) is 8.81. The van der Waals surface area contributed by atoms with Gasteiger partial charge in [-0.2, -0.15) is 0 Å². The van der Waals surface area contributed by atoms with E-state index < -0.39 is 10.0 Å². The number of amidine groups is 1. The van der Waals surface area contributed by atoms with Crippen molar-refractivity contribution < 1.29 is 8.42 Å². The molecule has 5 nitrogen and oxygen atoms in total. The molecule has 4 rings (SSSR count). The van der Waals surface area contributed by atoms with Crippen LogP contribution in [0.15, 0.2) is 51.7 Å². The Hall–Kier alpha value is -1.70. The molecule has 0 amide bonds. The molecule has 1 aromatic carbocycles. The molecule has 1 aromatic heterocycles. The van der Waals surface area contributed by atoms with Crippen molar-refractivity contribution >= 4 is 37.9 Å². The molecule has 2 aliphatic rings. The minimum Gasteiger partial charge on any atom is -0.302 e. The highest BCUT2D eigenvalue weighted by molar-refractivity contribution is 7.94. The highest BCUT2D eigenvalue weighted by atomic mass is 32.2. The lowest BCUT2D eigenvalue weighted by molar-refractivity contribution is 0.288. The van der Waals surface area contributed by atoms with E-state index in [1.165, 1.54) is 54.2 Å². The Balaban J connectivity index is 1.69. The van der Waals surface area contributed by atoms with Crippen molar-refractivity contribution in [1.29, 1.82) is 0 Å². The Labute approximate surface area is 184 Å². The number of hydrogen-bond acceptors (Lipinski definition) is 5. The zero-order valence-corrected chi connectivity index (χ0v) is 19.4. The quantitative estimate of drug-likeness (QED) is 0.641. The summed E-state index contributed by atoms with van der Waals surface area (Å²) >= 11 is 1.38. The summed E-state index contributed by atoms with van der Waals surface area (Å²) in [7, 11) is -3.69. The van der Waals surface area contributed by atoms with Gasteiger partial charge in [-0.1, -0.05) is 56.7 Å². The molecule has 0 spiro atoms. The number of sulfonamides is 1. The van der Waals surface area contributed by atoms with Crippen LogP contribution in [0.25, 0.3) is 0 Å². The van der Waals surface area contributed by atoms with Gasteiger partial charge < -0.3 is 5.32 Å². The number of hydrogen-bond donors (Lipinski definition) is 1. The van der Waals surface area contributed by atoms with E-state index in [2.05, 4.69) is 12.2 Å². The topological polar surface area (TPSA) is 61.8 Å². The van der Waals surface area contributed by atoms with E-state index in [9.17, 15) is 8.42 Å². The van der Waals surface area contributed by atoms with Gasteiger partial charge in [0.1, 0.15) is 15.7 Å². The van der Waals surface area contributed by atoms with Gasteiger partial charge in [-0.3, -0.25) is 0 Å². The molecule has 7 heteroatoms. The zero-order valence-electron chi connectivity index (χ0n) is 17.8. The number of benzene rings is 1. The predicted octanol–water partition coefficient (Wildman–Crippen LogP) is 5.86. The fraction of sp³-hybridized carbons (Fsp3) is 0.522. The van der Waals surface area contributed by atoms with E-state index in [1.807, 2.05) is 37.3 Å². The van der Waals surface area contributed by atoms with Crippen LogP contribution in [0.3, 0.4) is 0 Å². The van der Waals surface area contributed by atoms with Crippen molar-refractivity contribution in [2.45, 2.75) is 81.7 Å². The monoisotopic (exact) mass is 445 g/mol. The Bertz CT molecular complexity index is 988. The summed E-state index contributed by atoms with van der Waals surface area (Å²) in [6, 6.07) is 10.8. The van der Waals surface area contributed by atoms with Crippen molar-refractivity contribution in [3.05, 3.63) is 41.8 Å². The molecule has 0 saturated heterocycles. The van der Waals surface area contributed by atoms with Gasteiger partial charge in [0.05, 0.1) is 11.7 Å². The normalized spacial score (nSPS) is 22.2. The first-order chi connectivity index (χ1) is 14.4. The second-order valence-corrected chi connectivity index (χ2v) is 11.4. The lowest BCUT2D eigenvalue weighted by atomic mass is 9.89. The molecule has 2 heterocycles. The molecule has 1 unspecified atom stereocenters. The molecule has 1 aliphatic carbocycles. The summed E-state index contributed by atoms with van der Waals surface area (Å²) in [6.45, 7) is 4.33. The van der Waals surface area contributed by atoms with Gasteiger partial charge in [0, 0.05) is 5.54 Å². The Morgan fingerprint density at radius 2 is 1.67 bits per heavy atom. The maximum Gasteiger partial charge on any atom is 0.272 e. The average molecular weight is 446 g/mol.